The van der Waals surface area contributed by atoms with Crippen molar-refractivity contribution in [2.75, 3.05) is 6.54 Å². The average molecular weight is 290 g/mol. The molecule has 0 bridgehead atoms. The minimum Gasteiger partial charge on any atom is -0.310 e. The average Bonchev–Trinajstić information content (AvgIpc) is 2.45. The molecule has 21 heavy (non-hydrogen) atoms. The number of benzene rings is 1. The molecule has 1 aromatic heterocycles. The Kier molecular flexibility index (Phi) is 5.39. The van der Waals surface area contributed by atoms with Gasteiger partial charge in [-0.25, -0.2) is 8.78 Å². The van der Waals surface area contributed by atoms with Crippen LogP contribution in [0.1, 0.15) is 36.2 Å². The third-order valence-corrected chi connectivity index (χ3v) is 3.40. The van der Waals surface area contributed by atoms with Crippen LogP contribution in [0.4, 0.5) is 8.78 Å². The van der Waals surface area contributed by atoms with Gasteiger partial charge in [0.2, 0.25) is 0 Å². The smallest absolute Gasteiger partial charge is 0.129 e. The van der Waals surface area contributed by atoms with Crippen molar-refractivity contribution >= 4 is 0 Å². The van der Waals surface area contributed by atoms with Gasteiger partial charge in [-0.3, -0.25) is 4.98 Å². The Labute approximate surface area is 124 Å². The van der Waals surface area contributed by atoms with E-state index in [2.05, 4.69) is 17.2 Å². The van der Waals surface area contributed by atoms with Gasteiger partial charge in [0.1, 0.15) is 11.6 Å². The van der Waals surface area contributed by atoms with Crippen LogP contribution in [0.5, 0.6) is 0 Å². The second-order valence-corrected chi connectivity index (χ2v) is 5.18. The van der Waals surface area contributed by atoms with Crippen LogP contribution in [0, 0.1) is 18.6 Å². The molecular weight excluding hydrogens is 270 g/mol. The predicted octanol–water partition coefficient (Wildman–Crippen LogP) is 3.95. The summed E-state index contributed by atoms with van der Waals surface area (Å²) in [7, 11) is 0. The third kappa shape index (κ3) is 4.33. The Morgan fingerprint density at radius 2 is 2.00 bits per heavy atom. The van der Waals surface area contributed by atoms with Crippen molar-refractivity contribution in [1.82, 2.24) is 10.3 Å². The molecule has 2 nitrogen and oxygen atoms in total. The molecule has 1 atom stereocenters. The van der Waals surface area contributed by atoms with Gasteiger partial charge in [0.15, 0.2) is 0 Å². The van der Waals surface area contributed by atoms with E-state index in [0.717, 1.165) is 30.3 Å². The lowest BCUT2D eigenvalue weighted by atomic mass is 9.98. The molecular formula is C17H20F2N2. The summed E-state index contributed by atoms with van der Waals surface area (Å²) in [6.45, 7) is 4.86. The summed E-state index contributed by atoms with van der Waals surface area (Å²) < 4.78 is 26.8. The molecule has 2 rings (SSSR count). The van der Waals surface area contributed by atoms with E-state index in [1.807, 2.05) is 19.1 Å². The number of hydrogen-bond acceptors (Lipinski definition) is 2. The molecule has 2 aromatic rings. The summed E-state index contributed by atoms with van der Waals surface area (Å²) in [4.78, 5) is 4.19. The van der Waals surface area contributed by atoms with E-state index >= 15 is 0 Å². The van der Waals surface area contributed by atoms with Crippen LogP contribution in [0.15, 0.2) is 36.5 Å². The van der Waals surface area contributed by atoms with Crippen LogP contribution in [0.25, 0.3) is 0 Å². The van der Waals surface area contributed by atoms with E-state index in [0.29, 0.717) is 12.0 Å². The summed E-state index contributed by atoms with van der Waals surface area (Å²) in [6, 6.07) is 7.67. The number of nitrogens with zero attached hydrogens (tertiary/aromatic N) is 1. The first kappa shape index (κ1) is 15.6. The van der Waals surface area contributed by atoms with Crippen LogP contribution in [0.2, 0.25) is 0 Å². The maximum atomic E-state index is 13.8. The highest BCUT2D eigenvalue weighted by Crippen LogP contribution is 2.21. The maximum absolute atomic E-state index is 13.8. The molecule has 4 heteroatoms. The van der Waals surface area contributed by atoms with Gasteiger partial charge in [-0.15, -0.1) is 0 Å². The highest BCUT2D eigenvalue weighted by Gasteiger charge is 2.14. The van der Waals surface area contributed by atoms with Crippen molar-refractivity contribution in [1.29, 1.82) is 0 Å². The lowest BCUT2D eigenvalue weighted by Gasteiger charge is -2.20. The van der Waals surface area contributed by atoms with E-state index in [-0.39, 0.29) is 6.04 Å². The number of halogens is 2. The Morgan fingerprint density at radius 1 is 1.19 bits per heavy atom. The van der Waals surface area contributed by atoms with Gasteiger partial charge in [-0.1, -0.05) is 13.0 Å². The summed E-state index contributed by atoms with van der Waals surface area (Å²) in [6.07, 6.45) is 3.23. The van der Waals surface area contributed by atoms with E-state index in [9.17, 15) is 8.78 Å². The molecule has 0 spiro atoms. The molecule has 0 fully saturated rings. The van der Waals surface area contributed by atoms with Gasteiger partial charge in [0, 0.05) is 24.0 Å². The lowest BCUT2D eigenvalue weighted by Crippen LogP contribution is -2.24. The van der Waals surface area contributed by atoms with E-state index in [1.165, 1.54) is 12.1 Å². The highest BCUT2D eigenvalue weighted by atomic mass is 19.1. The zero-order valence-electron chi connectivity index (χ0n) is 12.4. The maximum Gasteiger partial charge on any atom is 0.129 e. The molecule has 1 N–H and O–H groups in total. The summed E-state index contributed by atoms with van der Waals surface area (Å²) in [5.41, 5.74) is 2.51. The van der Waals surface area contributed by atoms with Crippen molar-refractivity contribution < 1.29 is 8.78 Å². The van der Waals surface area contributed by atoms with Crippen LogP contribution in [-0.4, -0.2) is 11.5 Å². The van der Waals surface area contributed by atoms with Gasteiger partial charge in [0.05, 0.1) is 0 Å². The first-order valence-corrected chi connectivity index (χ1v) is 7.20. The van der Waals surface area contributed by atoms with Crippen molar-refractivity contribution in [2.45, 2.75) is 32.7 Å². The fraction of sp³-hybridized carbons (Fsp3) is 0.353. The molecule has 1 unspecified atom stereocenters. The van der Waals surface area contributed by atoms with E-state index < -0.39 is 11.6 Å². The van der Waals surface area contributed by atoms with E-state index in [4.69, 9.17) is 0 Å². The van der Waals surface area contributed by atoms with Crippen molar-refractivity contribution in [3.63, 3.8) is 0 Å². The van der Waals surface area contributed by atoms with Crippen molar-refractivity contribution in [3.05, 3.63) is 65.0 Å². The standard InChI is InChI=1S/C17H20F2N2/c1-3-7-21-17(14-6-8-20-12(2)9-14)10-13-4-5-15(18)11-16(13)19/h4-6,8-9,11,17,21H,3,7,10H2,1-2H3. The largest absolute Gasteiger partial charge is 0.310 e. The molecule has 0 aliphatic rings. The van der Waals surface area contributed by atoms with Crippen LogP contribution >= 0.6 is 0 Å². The second-order valence-electron chi connectivity index (χ2n) is 5.18. The van der Waals surface area contributed by atoms with Gasteiger partial charge in [-0.05, 0) is 55.6 Å². The van der Waals surface area contributed by atoms with Crippen LogP contribution in [-0.2, 0) is 6.42 Å². The topological polar surface area (TPSA) is 24.9 Å². The number of rotatable bonds is 6. The predicted molar refractivity (Wildman–Crippen MR) is 80.1 cm³/mol. The minimum absolute atomic E-state index is 0.00777. The fourth-order valence-corrected chi connectivity index (χ4v) is 2.32. The first-order chi connectivity index (χ1) is 10.1. The van der Waals surface area contributed by atoms with Crippen LogP contribution < -0.4 is 5.32 Å². The van der Waals surface area contributed by atoms with Crippen molar-refractivity contribution in [2.24, 2.45) is 0 Å². The zero-order valence-corrected chi connectivity index (χ0v) is 12.4. The summed E-state index contributed by atoms with van der Waals surface area (Å²) in [5, 5.41) is 3.42. The molecule has 0 aliphatic carbocycles. The Hall–Kier alpha value is -1.81. The number of aromatic nitrogens is 1. The fourth-order valence-electron chi connectivity index (χ4n) is 2.32. The molecule has 0 amide bonds. The molecule has 112 valence electrons. The van der Waals surface area contributed by atoms with E-state index in [1.54, 1.807) is 6.20 Å². The zero-order chi connectivity index (χ0) is 15.2. The van der Waals surface area contributed by atoms with Gasteiger partial charge < -0.3 is 5.32 Å². The number of aryl methyl sites for hydroxylation is 1. The molecule has 1 aromatic carbocycles. The second kappa shape index (κ2) is 7.27. The van der Waals surface area contributed by atoms with Crippen molar-refractivity contribution in [3.8, 4) is 0 Å². The molecule has 0 saturated carbocycles. The number of nitrogens with one attached hydrogen (secondary N) is 1. The highest BCUT2D eigenvalue weighted by molar-refractivity contribution is 5.25. The monoisotopic (exact) mass is 290 g/mol. The Morgan fingerprint density at radius 3 is 2.67 bits per heavy atom. The van der Waals surface area contributed by atoms with Gasteiger partial charge >= 0.3 is 0 Å². The van der Waals surface area contributed by atoms with Crippen LogP contribution in [0.3, 0.4) is 0 Å². The minimum atomic E-state index is -0.547. The molecule has 0 saturated heterocycles. The molecule has 0 aliphatic heterocycles. The SMILES string of the molecule is CCCNC(Cc1ccc(F)cc1F)c1ccnc(C)c1. The van der Waals surface area contributed by atoms with Gasteiger partial charge in [-0.2, -0.15) is 0 Å². The third-order valence-electron chi connectivity index (χ3n) is 3.40. The quantitative estimate of drug-likeness (QED) is 0.871. The summed E-state index contributed by atoms with van der Waals surface area (Å²) in [5.74, 6) is -1.04. The Bertz CT molecular complexity index is 599. The summed E-state index contributed by atoms with van der Waals surface area (Å²) >= 11 is 0. The van der Waals surface area contributed by atoms with Gasteiger partial charge in [0.25, 0.3) is 0 Å². The number of pyridine rings is 1. The lowest BCUT2D eigenvalue weighted by molar-refractivity contribution is 0.508. The molecule has 1 heterocycles. The molecule has 0 radical (unpaired) electrons. The first-order valence-electron chi connectivity index (χ1n) is 7.20. The number of hydrogen-bond donors (Lipinski definition) is 1. The Balaban J connectivity index is 2.23. The normalized spacial score (nSPS) is 12.4.